The van der Waals surface area contributed by atoms with E-state index in [9.17, 15) is 23.5 Å². The fourth-order valence-electron chi connectivity index (χ4n) is 8.58. The molecule has 12 nitrogen and oxygen atoms in total. The Labute approximate surface area is 375 Å². The molecule has 326 valence electrons. The van der Waals surface area contributed by atoms with Crippen LogP contribution in [0.1, 0.15) is 59.6 Å². The van der Waals surface area contributed by atoms with Gasteiger partial charge >= 0.3 is 0 Å². The highest BCUT2D eigenvalue weighted by atomic mass is 32.3. The molecule has 2 heterocycles. The number of ether oxygens (including phenoxy) is 2. The molecule has 0 aromatic heterocycles. The lowest BCUT2D eigenvalue weighted by Gasteiger charge is -2.24. The Morgan fingerprint density at radius 2 is 1.34 bits per heavy atom. The Hall–Kier alpha value is -7.26. The van der Waals surface area contributed by atoms with Gasteiger partial charge in [-0.05, 0) is 77.7 Å². The first-order chi connectivity index (χ1) is 30.0. The third-order valence-electron chi connectivity index (χ3n) is 11.4. The Morgan fingerprint density at radius 1 is 0.812 bits per heavy atom. The van der Waals surface area contributed by atoms with Gasteiger partial charge in [-0.15, -0.1) is 0 Å². The van der Waals surface area contributed by atoms with E-state index in [1.54, 1.807) is 12.1 Å². The second-order valence-electron chi connectivity index (χ2n) is 15.9. The molecule has 0 radical (unpaired) electrons. The van der Waals surface area contributed by atoms with Crippen molar-refractivity contribution in [2.75, 3.05) is 38.8 Å². The molecule has 0 unspecified atom stereocenters. The molecule has 0 amide bonds. The first kappa shape index (κ1) is 47.8. The van der Waals surface area contributed by atoms with Gasteiger partial charge in [0.05, 0.1) is 43.9 Å². The van der Waals surface area contributed by atoms with Crippen molar-refractivity contribution in [3.8, 4) is 23.6 Å². The number of hydrogen-bond acceptors (Lipinski definition) is 9. The van der Waals surface area contributed by atoms with Crippen molar-refractivity contribution in [1.29, 1.82) is 10.5 Å². The quantitative estimate of drug-likeness (QED) is 0.0441. The summed E-state index contributed by atoms with van der Waals surface area (Å²) in [7, 11) is -0.509. The van der Waals surface area contributed by atoms with E-state index >= 15 is 0 Å². The van der Waals surface area contributed by atoms with Crippen molar-refractivity contribution in [1.82, 2.24) is 0 Å². The molecule has 13 heteroatoms. The fourth-order valence-corrected chi connectivity index (χ4v) is 8.85. The molecule has 64 heavy (non-hydrogen) atoms. The normalized spacial score (nSPS) is 16.1. The number of hydrogen-bond donors (Lipinski definition) is 0. The van der Waals surface area contributed by atoms with Gasteiger partial charge in [0.2, 0.25) is 16.1 Å². The molecule has 0 N–H and O–H groups in total. The van der Waals surface area contributed by atoms with Crippen molar-refractivity contribution >= 4 is 60.4 Å². The van der Waals surface area contributed by atoms with E-state index in [0.717, 1.165) is 0 Å². The summed E-state index contributed by atoms with van der Waals surface area (Å²) in [6.07, 6.45) is 7.51. The molecule has 2 aliphatic rings. The zero-order chi connectivity index (χ0) is 45.7. The SMILES string of the molecule is C.CN1/C(=C\C=C\C2=[N+](C)c3ccc4ccccc4c3C2(C)C)C(C)(C)c2c1ccc1ccccc21.[C-]#[N+]/C(C#N)=c1/cc(OCCOS(=O)(=O)[O-])/c(=C(\C#N)[N+]#[C-])cc1OCCC. The molecule has 5 aromatic rings. The van der Waals surface area contributed by atoms with E-state index in [4.69, 9.17) is 22.6 Å². The van der Waals surface area contributed by atoms with E-state index in [2.05, 4.69) is 156 Å². The number of nitrogens with zero attached hydrogens (tertiary/aromatic N) is 6. The van der Waals surface area contributed by atoms with Gasteiger partial charge in [0.1, 0.15) is 25.2 Å². The van der Waals surface area contributed by atoms with Gasteiger partial charge in [0, 0.05) is 52.0 Å². The number of nitriles is 2. The van der Waals surface area contributed by atoms with Crippen LogP contribution in [0.5, 0.6) is 11.5 Å². The van der Waals surface area contributed by atoms with E-state index in [1.807, 2.05) is 6.92 Å². The van der Waals surface area contributed by atoms with Gasteiger partial charge in [-0.2, -0.15) is 4.58 Å². The minimum atomic E-state index is -4.90. The van der Waals surface area contributed by atoms with Gasteiger partial charge in [-0.25, -0.2) is 28.6 Å². The summed E-state index contributed by atoms with van der Waals surface area (Å²) in [5.41, 5.74) is 7.29. The van der Waals surface area contributed by atoms with Crippen molar-refractivity contribution < 1.29 is 31.2 Å². The van der Waals surface area contributed by atoms with Crippen LogP contribution in [0, 0.1) is 35.8 Å². The Morgan fingerprint density at radius 3 is 1.88 bits per heavy atom. The average Bonchev–Trinajstić information content (AvgIpc) is 3.59. The average molecular weight is 875 g/mol. The molecule has 2 aliphatic heterocycles. The minimum Gasteiger partial charge on any atom is -0.726 e. The van der Waals surface area contributed by atoms with Crippen LogP contribution in [0.4, 0.5) is 11.4 Å². The Bertz CT molecular complexity index is 3140. The predicted molar refractivity (Wildman–Crippen MR) is 251 cm³/mol. The first-order valence-electron chi connectivity index (χ1n) is 20.2. The van der Waals surface area contributed by atoms with Gasteiger partial charge in [-0.1, -0.05) is 88.9 Å². The van der Waals surface area contributed by atoms with Gasteiger partial charge in [0.15, 0.2) is 5.71 Å². The summed E-state index contributed by atoms with van der Waals surface area (Å²) in [4.78, 5) is 8.59. The topological polar surface area (TPSA) is 147 Å². The first-order valence-corrected chi connectivity index (χ1v) is 21.5. The largest absolute Gasteiger partial charge is 0.726 e. The third-order valence-corrected chi connectivity index (χ3v) is 11.8. The van der Waals surface area contributed by atoms with Crippen LogP contribution in [-0.4, -0.2) is 57.2 Å². The van der Waals surface area contributed by atoms with Gasteiger partial charge in [0.25, 0.3) is 11.4 Å². The van der Waals surface area contributed by atoms with Crippen LogP contribution in [0.2, 0.25) is 0 Å². The number of allylic oxidation sites excluding steroid dienone is 4. The lowest BCUT2D eigenvalue weighted by molar-refractivity contribution is -0.401. The summed E-state index contributed by atoms with van der Waals surface area (Å²) in [6, 6.07) is 32.5. The lowest BCUT2D eigenvalue weighted by atomic mass is 9.79. The van der Waals surface area contributed by atoms with Crippen molar-refractivity contribution in [2.24, 2.45) is 0 Å². The Balaban J connectivity index is 0.000000244. The molecule has 0 spiro atoms. The summed E-state index contributed by atoms with van der Waals surface area (Å²) in [5.74, 6) is 0.0428. The van der Waals surface area contributed by atoms with Crippen LogP contribution in [-0.2, 0) is 25.4 Å². The molecule has 0 fully saturated rings. The number of rotatable bonds is 10. The van der Waals surface area contributed by atoms with Crippen molar-refractivity contribution in [3.05, 3.63) is 153 Å². The smallest absolute Gasteiger partial charge is 0.272 e. The van der Waals surface area contributed by atoms with Crippen molar-refractivity contribution in [3.63, 3.8) is 0 Å². The van der Waals surface area contributed by atoms with E-state index in [1.165, 1.54) is 67.6 Å². The van der Waals surface area contributed by atoms with Gasteiger partial charge in [-0.3, -0.25) is 4.18 Å². The highest BCUT2D eigenvalue weighted by Crippen LogP contribution is 2.50. The molecule has 0 bridgehead atoms. The van der Waals surface area contributed by atoms with Gasteiger partial charge < -0.3 is 18.9 Å². The summed E-state index contributed by atoms with van der Waals surface area (Å²) >= 11 is 0. The molecule has 5 aromatic carbocycles. The molecule has 0 saturated heterocycles. The summed E-state index contributed by atoms with van der Waals surface area (Å²) in [6.45, 7) is 24.8. The number of likely N-dealkylation sites (N-methyl/N-ethyl adjacent to an activating group) is 1. The van der Waals surface area contributed by atoms with E-state index in [0.29, 0.717) is 6.42 Å². The molecular weight excluding hydrogens is 825 g/mol. The zero-order valence-corrected chi connectivity index (χ0v) is 37.0. The van der Waals surface area contributed by atoms with Crippen LogP contribution in [0.3, 0.4) is 0 Å². The number of anilines is 1. The van der Waals surface area contributed by atoms with Crippen LogP contribution in [0.25, 0.3) is 42.6 Å². The zero-order valence-electron chi connectivity index (χ0n) is 36.2. The maximum Gasteiger partial charge on any atom is 0.272 e. The maximum absolute atomic E-state index is 10.5. The van der Waals surface area contributed by atoms with E-state index < -0.39 is 23.6 Å². The minimum absolute atomic E-state index is 0. The highest BCUT2D eigenvalue weighted by Gasteiger charge is 2.44. The molecule has 0 atom stereocenters. The van der Waals surface area contributed by atoms with Crippen LogP contribution in [0.15, 0.2) is 109 Å². The Kier molecular flexibility index (Phi) is 14.5. The highest BCUT2D eigenvalue weighted by molar-refractivity contribution is 7.80. The molecule has 7 rings (SSSR count). The summed E-state index contributed by atoms with van der Waals surface area (Å²) in [5, 5.41) is 23.8. The van der Waals surface area contributed by atoms with Crippen LogP contribution >= 0.6 is 0 Å². The second kappa shape index (κ2) is 19.4. The molecule has 0 saturated carbocycles. The molecular formula is C51H50N6O6S. The third kappa shape index (κ3) is 9.25. The summed E-state index contributed by atoms with van der Waals surface area (Å²) < 4.78 is 48.7. The van der Waals surface area contributed by atoms with Crippen LogP contribution < -0.4 is 24.8 Å². The van der Waals surface area contributed by atoms with Crippen molar-refractivity contribution in [2.45, 2.75) is 59.3 Å². The lowest BCUT2D eigenvalue weighted by Crippen LogP contribution is -2.27. The second-order valence-corrected chi connectivity index (χ2v) is 17.0. The fraction of sp³-hybridized carbons (Fsp3) is 0.275. The monoisotopic (exact) mass is 874 g/mol. The van der Waals surface area contributed by atoms with E-state index in [-0.39, 0.29) is 58.2 Å². The number of fused-ring (bicyclic) bond motifs is 6. The standard InChI is InChI=1S/C33H33N2.C17H14N4O6S.CH4/c1-32(2)28(34(5)26-20-18-22-12-7-9-14-24(22)30(26)32)16-11-17-29-33(3,4)31-25-15-10-8-13-23(25)19-21-27(31)35(29)6;1-4-5-25-16-8-13(15(11-19)21-3)17(9-12(16)14(10-18)20-2)26-6-7-27-28(22,23)24;/h7-21H,1-6H3;8-9H,4-7H2,1H3,(H,22,23,24);1H4/q+1;;/p-1/b;14-12-,15-13+;. The maximum atomic E-state index is 10.5. The molecule has 0 aliphatic carbocycles. The predicted octanol–water partition coefficient (Wildman–Crippen LogP) is 8.94. The number of benzene rings is 5.